The van der Waals surface area contributed by atoms with Crippen molar-refractivity contribution in [3.8, 4) is 11.1 Å². The van der Waals surface area contributed by atoms with Gasteiger partial charge in [-0.05, 0) is 65.2 Å². The molecule has 0 aliphatic rings. The Labute approximate surface area is 215 Å². The quantitative estimate of drug-likeness (QED) is 0.186. The van der Waals surface area contributed by atoms with Crippen molar-refractivity contribution in [1.82, 2.24) is 15.3 Å². The van der Waals surface area contributed by atoms with Gasteiger partial charge in [0, 0.05) is 47.4 Å². The van der Waals surface area contributed by atoms with E-state index < -0.39 is 29.2 Å². The Bertz CT molecular complexity index is 1630. The lowest BCUT2D eigenvalue weighted by atomic mass is 9.89. The predicted octanol–water partition coefficient (Wildman–Crippen LogP) is 5.86. The van der Waals surface area contributed by atoms with Gasteiger partial charge in [0.25, 0.3) is 0 Å². The van der Waals surface area contributed by atoms with Gasteiger partial charge in [-0.3, -0.25) is 9.78 Å². The molecule has 38 heavy (non-hydrogen) atoms. The van der Waals surface area contributed by atoms with Gasteiger partial charge in [0.05, 0.1) is 17.8 Å². The summed E-state index contributed by atoms with van der Waals surface area (Å²) in [5.74, 6) is -3.68. The number of amides is 1. The van der Waals surface area contributed by atoms with Gasteiger partial charge < -0.3 is 16.0 Å². The maximum Gasteiger partial charge on any atom is 0.224 e. The van der Waals surface area contributed by atoms with E-state index in [0.29, 0.717) is 33.3 Å². The number of carbonyl (C=O) groups excluding carboxylic acids is 1. The Morgan fingerprint density at radius 2 is 1.74 bits per heavy atom. The van der Waals surface area contributed by atoms with Gasteiger partial charge in [-0.2, -0.15) is 0 Å². The summed E-state index contributed by atoms with van der Waals surface area (Å²) in [6.45, 7) is -0.0425. The molecule has 1 unspecified atom stereocenters. The lowest BCUT2D eigenvalue weighted by molar-refractivity contribution is -0.120. The molecule has 1 atom stereocenters. The molecule has 192 valence electrons. The van der Waals surface area contributed by atoms with Crippen molar-refractivity contribution in [2.75, 3.05) is 12.3 Å². The number of nitrogen functional groups attached to an aromatic ring is 1. The number of H-pyrrole nitrogens is 1. The molecule has 0 aliphatic heterocycles. The number of carbonyl (C=O) groups is 1. The van der Waals surface area contributed by atoms with Crippen molar-refractivity contribution >= 4 is 22.5 Å². The van der Waals surface area contributed by atoms with Crippen LogP contribution < -0.4 is 11.1 Å². The number of hydrogen-bond acceptors (Lipinski definition) is 3. The van der Waals surface area contributed by atoms with E-state index in [-0.39, 0.29) is 30.1 Å². The Hall–Kier alpha value is -4.66. The van der Waals surface area contributed by atoms with Crippen LogP contribution in [-0.4, -0.2) is 22.4 Å². The van der Waals surface area contributed by atoms with Crippen molar-refractivity contribution in [1.29, 1.82) is 0 Å². The first-order valence-electron chi connectivity index (χ1n) is 11.8. The molecule has 5 rings (SSSR count). The summed E-state index contributed by atoms with van der Waals surface area (Å²) in [6.07, 6.45) is 3.12. The molecule has 0 radical (unpaired) electrons. The first kappa shape index (κ1) is 25.0. The van der Waals surface area contributed by atoms with E-state index in [1.54, 1.807) is 24.4 Å². The standard InChI is InChI=1S/C29H22F4N4O/c30-19-4-6-27-23(13-19)18(14-36-27)11-28(38)37-15-24(17-8-20(31)12-21(32)9-17)29-22(2-1-7-35-29)16-3-5-25(33)26(34)10-16/h1-10,12-14,24,36H,11,15,34H2,(H,37,38). The molecule has 0 fully saturated rings. The molecule has 9 heteroatoms. The highest BCUT2D eigenvalue weighted by Crippen LogP contribution is 2.33. The molecule has 2 heterocycles. The Morgan fingerprint density at radius 3 is 2.50 bits per heavy atom. The van der Waals surface area contributed by atoms with E-state index in [9.17, 15) is 22.4 Å². The molecule has 0 saturated heterocycles. The normalized spacial score (nSPS) is 12.0. The van der Waals surface area contributed by atoms with Crippen LogP contribution in [-0.2, 0) is 11.2 Å². The van der Waals surface area contributed by atoms with E-state index in [2.05, 4.69) is 15.3 Å². The van der Waals surface area contributed by atoms with Crippen LogP contribution in [0.3, 0.4) is 0 Å². The van der Waals surface area contributed by atoms with Crippen LogP contribution in [0, 0.1) is 23.3 Å². The zero-order valence-electron chi connectivity index (χ0n) is 19.9. The highest BCUT2D eigenvalue weighted by atomic mass is 19.1. The molecule has 0 saturated carbocycles. The zero-order valence-corrected chi connectivity index (χ0v) is 19.9. The van der Waals surface area contributed by atoms with Crippen LogP contribution in [0.25, 0.3) is 22.0 Å². The number of nitrogens with zero attached hydrogens (tertiary/aromatic N) is 1. The number of fused-ring (bicyclic) bond motifs is 1. The van der Waals surface area contributed by atoms with Crippen LogP contribution in [0.4, 0.5) is 23.2 Å². The minimum absolute atomic E-state index is 0.0425. The number of aromatic nitrogens is 2. The van der Waals surface area contributed by atoms with Crippen LogP contribution in [0.5, 0.6) is 0 Å². The summed E-state index contributed by atoms with van der Waals surface area (Å²) < 4.78 is 56.0. The summed E-state index contributed by atoms with van der Waals surface area (Å²) in [5, 5.41) is 3.41. The molecule has 3 aromatic carbocycles. The number of anilines is 1. The fraction of sp³-hybridized carbons (Fsp3) is 0.103. The summed E-state index contributed by atoms with van der Waals surface area (Å²) in [4.78, 5) is 20.4. The lowest BCUT2D eigenvalue weighted by Gasteiger charge is -2.21. The van der Waals surface area contributed by atoms with Gasteiger partial charge in [0.1, 0.15) is 23.3 Å². The minimum atomic E-state index is -0.777. The number of pyridine rings is 1. The summed E-state index contributed by atoms with van der Waals surface area (Å²) in [7, 11) is 0. The summed E-state index contributed by atoms with van der Waals surface area (Å²) in [6, 6.07) is 15.0. The lowest BCUT2D eigenvalue weighted by Crippen LogP contribution is -2.30. The highest BCUT2D eigenvalue weighted by molar-refractivity contribution is 5.89. The van der Waals surface area contributed by atoms with Crippen LogP contribution in [0.2, 0.25) is 0 Å². The second kappa shape index (κ2) is 10.4. The molecular weight excluding hydrogens is 496 g/mol. The first-order valence-corrected chi connectivity index (χ1v) is 11.8. The summed E-state index contributed by atoms with van der Waals surface area (Å²) in [5.41, 5.74) is 8.80. The molecule has 2 aromatic heterocycles. The predicted molar refractivity (Wildman–Crippen MR) is 137 cm³/mol. The Morgan fingerprint density at radius 1 is 0.947 bits per heavy atom. The van der Waals surface area contributed by atoms with Crippen molar-refractivity contribution < 1.29 is 22.4 Å². The van der Waals surface area contributed by atoms with E-state index in [1.807, 2.05) is 0 Å². The van der Waals surface area contributed by atoms with Crippen LogP contribution in [0.1, 0.15) is 22.7 Å². The number of nitrogens with two attached hydrogens (primary N) is 1. The number of halogens is 4. The third kappa shape index (κ3) is 5.22. The van der Waals surface area contributed by atoms with E-state index >= 15 is 0 Å². The topological polar surface area (TPSA) is 83.8 Å². The Kier molecular flexibility index (Phi) is 6.83. The molecule has 1 amide bonds. The highest BCUT2D eigenvalue weighted by Gasteiger charge is 2.23. The van der Waals surface area contributed by atoms with Gasteiger partial charge >= 0.3 is 0 Å². The fourth-order valence-corrected chi connectivity index (χ4v) is 4.55. The SMILES string of the molecule is Nc1cc(-c2cccnc2C(CNC(=O)Cc2c[nH]c3ccc(F)cc23)c2cc(F)cc(F)c2)ccc1F. The maximum atomic E-state index is 14.2. The van der Waals surface area contributed by atoms with E-state index in [0.717, 1.165) is 6.07 Å². The number of aromatic amines is 1. The van der Waals surface area contributed by atoms with Crippen molar-refractivity contribution in [2.45, 2.75) is 12.3 Å². The minimum Gasteiger partial charge on any atom is -0.396 e. The molecule has 4 N–H and O–H groups in total. The monoisotopic (exact) mass is 518 g/mol. The molecule has 0 bridgehead atoms. The Balaban J connectivity index is 1.48. The average Bonchev–Trinajstić information content (AvgIpc) is 3.27. The average molecular weight is 519 g/mol. The first-order chi connectivity index (χ1) is 18.3. The molecule has 0 aliphatic carbocycles. The number of rotatable bonds is 7. The van der Waals surface area contributed by atoms with Crippen LogP contribution >= 0.6 is 0 Å². The van der Waals surface area contributed by atoms with Crippen LogP contribution in [0.15, 0.2) is 79.1 Å². The second-order valence-corrected chi connectivity index (χ2v) is 8.91. The molecule has 5 nitrogen and oxygen atoms in total. The van der Waals surface area contributed by atoms with Gasteiger partial charge in [0.2, 0.25) is 5.91 Å². The molecule has 0 spiro atoms. The van der Waals surface area contributed by atoms with Crippen molar-refractivity contribution in [3.05, 3.63) is 119 Å². The van der Waals surface area contributed by atoms with Gasteiger partial charge in [-0.25, -0.2) is 17.6 Å². The molecular formula is C29H22F4N4O. The second-order valence-electron chi connectivity index (χ2n) is 8.91. The van der Waals surface area contributed by atoms with E-state index in [4.69, 9.17) is 5.73 Å². The van der Waals surface area contributed by atoms with Gasteiger partial charge in [0.15, 0.2) is 0 Å². The third-order valence-electron chi connectivity index (χ3n) is 6.35. The molecule has 5 aromatic rings. The summed E-state index contributed by atoms with van der Waals surface area (Å²) >= 11 is 0. The van der Waals surface area contributed by atoms with Crippen molar-refractivity contribution in [3.63, 3.8) is 0 Å². The fourth-order valence-electron chi connectivity index (χ4n) is 4.55. The van der Waals surface area contributed by atoms with E-state index in [1.165, 1.54) is 48.7 Å². The number of benzene rings is 3. The zero-order chi connectivity index (χ0) is 26.8. The maximum absolute atomic E-state index is 14.2. The number of hydrogen-bond donors (Lipinski definition) is 3. The van der Waals surface area contributed by atoms with Gasteiger partial charge in [-0.1, -0.05) is 12.1 Å². The van der Waals surface area contributed by atoms with Gasteiger partial charge in [-0.15, -0.1) is 0 Å². The smallest absolute Gasteiger partial charge is 0.224 e. The van der Waals surface area contributed by atoms with Crippen molar-refractivity contribution in [2.24, 2.45) is 0 Å². The largest absolute Gasteiger partial charge is 0.396 e. The third-order valence-corrected chi connectivity index (χ3v) is 6.35. The number of nitrogens with one attached hydrogen (secondary N) is 2.